The van der Waals surface area contributed by atoms with Crippen LogP contribution in [-0.2, 0) is 78.7 Å². The second-order valence-electron chi connectivity index (χ2n) is 15.3. The zero-order valence-electron chi connectivity index (χ0n) is 35.0. The van der Waals surface area contributed by atoms with Crippen molar-refractivity contribution in [1.82, 2.24) is 4.90 Å². The number of benzene rings is 5. The molecule has 4 aromatic carbocycles. The van der Waals surface area contributed by atoms with Crippen LogP contribution >= 0.6 is 0 Å². The average molecular weight is 1090 g/mol. The van der Waals surface area contributed by atoms with Gasteiger partial charge in [-0.3, -0.25) is 42.4 Å². The first kappa shape index (κ1) is 52.1. The summed E-state index contributed by atoms with van der Waals surface area (Å²) in [6.45, 7) is -1.45. The number of carbonyl (C=O) groups is 1. The van der Waals surface area contributed by atoms with Crippen molar-refractivity contribution in [3.05, 3.63) is 107 Å². The lowest BCUT2D eigenvalue weighted by atomic mass is 9.90. The fourth-order valence-corrected chi connectivity index (χ4v) is 11.6. The summed E-state index contributed by atoms with van der Waals surface area (Å²) in [6, 6.07) is 13.2. The smallest absolute Gasteiger partial charge is 0.296 e. The lowest BCUT2D eigenvalue weighted by Crippen LogP contribution is -2.40. The highest BCUT2D eigenvalue weighted by Gasteiger charge is 2.31. The quantitative estimate of drug-likeness (QED) is 0.0335. The van der Waals surface area contributed by atoms with Crippen LogP contribution < -0.4 is 10.7 Å². The van der Waals surface area contributed by atoms with Gasteiger partial charge in [-0.1, -0.05) is 30.3 Å². The van der Waals surface area contributed by atoms with Crippen LogP contribution in [0.15, 0.2) is 124 Å². The third kappa shape index (κ3) is 11.1. The van der Waals surface area contributed by atoms with Gasteiger partial charge in [-0.15, -0.1) is 0 Å². The number of hydrogen-bond donors (Lipinski definition) is 8. The molecule has 0 bridgehead atoms. The molecule has 4 aromatic rings. The van der Waals surface area contributed by atoms with Crippen LogP contribution in [0.3, 0.4) is 0 Å². The zero-order chi connectivity index (χ0) is 51.5. The molecule has 0 atom stereocenters. The fraction of sp³-hybridized carbons (Fsp3) is 0.179. The van der Waals surface area contributed by atoms with Crippen LogP contribution in [0.2, 0.25) is 0 Å². The van der Waals surface area contributed by atoms with E-state index in [0.29, 0.717) is 12.1 Å². The van der Waals surface area contributed by atoms with E-state index in [1.807, 2.05) is 0 Å². The van der Waals surface area contributed by atoms with Crippen LogP contribution in [0.5, 0.6) is 0 Å². The van der Waals surface area contributed by atoms with Gasteiger partial charge in [0.15, 0.2) is 0 Å². The van der Waals surface area contributed by atoms with Crippen LogP contribution in [0.1, 0.15) is 34.3 Å². The monoisotopic (exact) mass is 1090 g/mol. The van der Waals surface area contributed by atoms with E-state index in [1.54, 1.807) is 0 Å². The largest absolute Gasteiger partial charge is 0.456 e. The molecule has 1 fully saturated rings. The standard InChI is InChI=1S/C39H35N3O22S6/c43-39(42-11-9-23(64-44)10-12-42)27-4-2-1-3-26(27)38-28-15-36(69(57,58)59)30(40-19-21-5-7-24(65(45,46)47)13-34(21)67(51,52)53)17-32(28)63-33-18-31(37(16-29(33)38)70(60,61)62)41-20-22-6-8-25(66(48,49)50)14-35(22)68(54,55)56/h1-8,13-18,23,40,44H,9-12,19-20H2,(H,45,46,47)(H,48,49,50)(H,51,52,53)(H,54,55,56)(H,57,58,59)(H,60,61,62)/b41-31+. The lowest BCUT2D eigenvalue weighted by molar-refractivity contribution is -0.284. The molecule has 70 heavy (non-hydrogen) atoms. The Hall–Kier alpha value is -5.78. The number of hydrogen-bond acceptors (Lipinski definition) is 18. The van der Waals surface area contributed by atoms with Gasteiger partial charge >= 0.3 is 0 Å². The second-order valence-corrected chi connectivity index (χ2v) is 23.7. The Morgan fingerprint density at radius 2 is 1.17 bits per heavy atom. The van der Waals surface area contributed by atoms with Crippen molar-refractivity contribution >= 4 is 83.3 Å². The summed E-state index contributed by atoms with van der Waals surface area (Å²) in [6.07, 6.45) is -0.162. The maximum absolute atomic E-state index is 14.3. The first-order chi connectivity index (χ1) is 32.4. The van der Waals surface area contributed by atoms with Crippen molar-refractivity contribution in [2.24, 2.45) is 4.99 Å². The second kappa shape index (κ2) is 18.8. The lowest BCUT2D eigenvalue weighted by Gasteiger charge is -2.31. The summed E-state index contributed by atoms with van der Waals surface area (Å²) < 4.78 is 215. The molecule has 0 saturated carbocycles. The van der Waals surface area contributed by atoms with E-state index in [9.17, 15) is 87.9 Å². The molecule has 8 N–H and O–H groups in total. The van der Waals surface area contributed by atoms with Gasteiger partial charge < -0.3 is 14.6 Å². The van der Waals surface area contributed by atoms with Gasteiger partial charge in [0.05, 0.1) is 33.5 Å². The van der Waals surface area contributed by atoms with Crippen LogP contribution in [0.4, 0.5) is 5.69 Å². The number of likely N-dealkylation sites (tertiary alicyclic amines) is 1. The molecule has 0 unspecified atom stereocenters. The Bertz CT molecular complexity index is 3890. The van der Waals surface area contributed by atoms with E-state index in [-0.39, 0.29) is 64.9 Å². The van der Waals surface area contributed by atoms with Crippen LogP contribution in [-0.4, -0.2) is 113 Å². The van der Waals surface area contributed by atoms with E-state index < -0.39 is 137 Å². The van der Waals surface area contributed by atoms with Gasteiger partial charge in [0.2, 0.25) is 0 Å². The van der Waals surface area contributed by atoms with Gasteiger partial charge in [-0.05, 0) is 72.0 Å². The van der Waals surface area contributed by atoms with Gasteiger partial charge in [0.25, 0.3) is 66.6 Å². The first-order valence-corrected chi connectivity index (χ1v) is 28.1. The minimum atomic E-state index is -5.37. The molecule has 31 heteroatoms. The molecular formula is C39H35N3O22S6. The number of carbonyl (C=O) groups excluding carboxylic acids is 1. The number of rotatable bonds is 14. The SMILES string of the molecule is O=C(c1ccccc1-c1c2cc(S(=O)(=O)O)/c(=N/Cc3ccc(S(=O)(=O)O)cc3S(=O)(=O)O)cc-2oc2cc(NCc3ccc(S(=O)(=O)O)cc3S(=O)(=O)O)c(S(=O)(=O)O)cc12)N1CCC(OO)CC1. The molecule has 374 valence electrons. The maximum atomic E-state index is 14.3. The molecule has 3 aliphatic rings. The Morgan fingerprint density at radius 1 is 0.629 bits per heavy atom. The molecule has 1 amide bonds. The first-order valence-electron chi connectivity index (χ1n) is 19.5. The van der Waals surface area contributed by atoms with E-state index in [2.05, 4.69) is 15.2 Å². The van der Waals surface area contributed by atoms with Gasteiger partial charge in [0.1, 0.15) is 30.9 Å². The van der Waals surface area contributed by atoms with Crippen molar-refractivity contribution in [3.63, 3.8) is 0 Å². The molecule has 2 aliphatic heterocycles. The fourth-order valence-electron chi connectivity index (χ4n) is 7.63. The predicted octanol–water partition coefficient (Wildman–Crippen LogP) is 3.49. The van der Waals surface area contributed by atoms with Gasteiger partial charge in [-0.25, -0.2) is 4.89 Å². The van der Waals surface area contributed by atoms with E-state index in [1.165, 1.54) is 29.2 Å². The third-order valence-corrected chi connectivity index (χ3v) is 16.2. The van der Waals surface area contributed by atoms with Crippen molar-refractivity contribution in [1.29, 1.82) is 0 Å². The Kier molecular flexibility index (Phi) is 14.0. The number of amides is 1. The number of nitrogens with zero attached hydrogens (tertiary/aromatic N) is 2. The Morgan fingerprint density at radius 3 is 1.71 bits per heavy atom. The normalized spacial score (nSPS) is 14.9. The molecule has 1 aliphatic carbocycles. The van der Waals surface area contributed by atoms with Gasteiger partial charge in [0, 0.05) is 53.8 Å². The number of nitrogens with one attached hydrogen (secondary N) is 1. The molecule has 1 saturated heterocycles. The molecule has 2 heterocycles. The molecule has 0 aromatic heterocycles. The Balaban J connectivity index is 1.52. The molecule has 0 radical (unpaired) electrons. The highest BCUT2D eigenvalue weighted by molar-refractivity contribution is 7.87. The average Bonchev–Trinajstić information content (AvgIpc) is 3.26. The summed E-state index contributed by atoms with van der Waals surface area (Å²) in [4.78, 5) is 18.3. The van der Waals surface area contributed by atoms with Crippen LogP contribution in [0.25, 0.3) is 33.4 Å². The van der Waals surface area contributed by atoms with E-state index >= 15 is 0 Å². The Labute approximate surface area is 397 Å². The minimum absolute atomic E-state index is 0.0276. The van der Waals surface area contributed by atoms with Crippen LogP contribution in [0, 0.1) is 0 Å². The highest BCUT2D eigenvalue weighted by atomic mass is 32.2. The van der Waals surface area contributed by atoms with Crippen molar-refractivity contribution in [2.75, 3.05) is 18.4 Å². The summed E-state index contributed by atoms with van der Waals surface area (Å²) >= 11 is 0. The van der Waals surface area contributed by atoms with Crippen molar-refractivity contribution in [2.45, 2.75) is 61.4 Å². The van der Waals surface area contributed by atoms with Crippen molar-refractivity contribution < 1.29 is 97.2 Å². The van der Waals surface area contributed by atoms with E-state index in [0.717, 1.165) is 48.5 Å². The van der Waals surface area contributed by atoms with Gasteiger partial charge in [-0.2, -0.15) is 50.5 Å². The predicted molar refractivity (Wildman–Crippen MR) is 239 cm³/mol. The molecule has 25 nitrogen and oxygen atoms in total. The molecular weight excluding hydrogens is 1050 g/mol. The number of piperidine rings is 1. The summed E-state index contributed by atoms with van der Waals surface area (Å²) in [5.41, 5.74) is -2.29. The number of fused-ring (bicyclic) bond motifs is 2. The summed E-state index contributed by atoms with van der Waals surface area (Å²) in [7, 11) is -31.2. The molecule has 7 rings (SSSR count). The number of anilines is 1. The maximum Gasteiger partial charge on any atom is 0.296 e. The topological polar surface area (TPSA) is 414 Å². The summed E-state index contributed by atoms with van der Waals surface area (Å²) in [5.74, 6) is -0.970. The van der Waals surface area contributed by atoms with E-state index in [4.69, 9.17) is 4.42 Å². The highest BCUT2D eigenvalue weighted by Crippen LogP contribution is 2.44. The summed E-state index contributed by atoms with van der Waals surface area (Å²) in [5, 5.41) is 10.8. The zero-order valence-corrected chi connectivity index (χ0v) is 39.9. The third-order valence-electron chi connectivity index (χ3n) is 10.9. The van der Waals surface area contributed by atoms with Crippen molar-refractivity contribution in [3.8, 4) is 22.5 Å². The molecule has 0 spiro atoms. The minimum Gasteiger partial charge on any atom is -0.456 e.